The number of benzene rings is 1. The third kappa shape index (κ3) is 5.20. The van der Waals surface area contributed by atoms with Crippen molar-refractivity contribution in [3.05, 3.63) is 29.3 Å². The summed E-state index contributed by atoms with van der Waals surface area (Å²) in [5.74, 6) is 1.79. The molecule has 106 valence electrons. The van der Waals surface area contributed by atoms with Gasteiger partial charge in [-0.25, -0.2) is 4.99 Å². The van der Waals surface area contributed by atoms with E-state index in [-0.39, 0.29) is 0 Å². The average Bonchev–Trinajstić information content (AvgIpc) is 2.42. The molecule has 0 spiro atoms. The van der Waals surface area contributed by atoms with Crippen molar-refractivity contribution < 1.29 is 4.74 Å². The number of hydrogen-bond donors (Lipinski definition) is 2. The maximum Gasteiger partial charge on any atom is 0.191 e. The molecule has 0 aliphatic carbocycles. The molecule has 0 heterocycles. The Morgan fingerprint density at radius 3 is 2.63 bits per heavy atom. The van der Waals surface area contributed by atoms with Gasteiger partial charge in [-0.2, -0.15) is 0 Å². The second-order valence-electron chi connectivity index (χ2n) is 4.43. The smallest absolute Gasteiger partial charge is 0.191 e. The first kappa shape index (κ1) is 15.3. The van der Waals surface area contributed by atoms with E-state index in [4.69, 9.17) is 4.74 Å². The molecule has 1 aromatic rings. The zero-order valence-corrected chi connectivity index (χ0v) is 12.4. The van der Waals surface area contributed by atoms with Crippen LogP contribution < -0.4 is 15.4 Å². The van der Waals surface area contributed by atoms with Crippen molar-refractivity contribution in [3.8, 4) is 5.75 Å². The molecule has 4 nitrogen and oxygen atoms in total. The number of aliphatic imine (C=N–C) groups is 1. The highest BCUT2D eigenvalue weighted by Gasteiger charge is 2.00. The molecule has 1 aromatic carbocycles. The number of ether oxygens (including phenoxy) is 1. The number of aryl methyl sites for hydroxylation is 1. The van der Waals surface area contributed by atoms with Gasteiger partial charge in [0.1, 0.15) is 5.75 Å². The fourth-order valence-corrected chi connectivity index (χ4v) is 1.79. The standard InChI is InChI=1S/C15H25N3O/c1-5-9-17-15(16-6-2)18-11-13-7-8-14(19-4)12(3)10-13/h7-8,10H,5-6,9,11H2,1-4H3,(H2,16,17,18). The van der Waals surface area contributed by atoms with Crippen molar-refractivity contribution in [1.82, 2.24) is 10.6 Å². The summed E-state index contributed by atoms with van der Waals surface area (Å²) < 4.78 is 5.26. The Kier molecular flexibility index (Phi) is 6.79. The lowest BCUT2D eigenvalue weighted by atomic mass is 10.1. The number of nitrogens with zero attached hydrogens (tertiary/aromatic N) is 1. The normalized spacial score (nSPS) is 11.3. The van der Waals surface area contributed by atoms with Crippen LogP contribution in [0.5, 0.6) is 5.75 Å². The van der Waals surface area contributed by atoms with Crippen LogP contribution in [0.25, 0.3) is 0 Å². The predicted molar refractivity (Wildman–Crippen MR) is 80.8 cm³/mol. The van der Waals surface area contributed by atoms with Gasteiger partial charge in [0, 0.05) is 13.1 Å². The van der Waals surface area contributed by atoms with Crippen LogP contribution in [0.2, 0.25) is 0 Å². The van der Waals surface area contributed by atoms with E-state index in [0.717, 1.165) is 36.8 Å². The molecule has 0 bridgehead atoms. The lowest BCUT2D eigenvalue weighted by Gasteiger charge is -2.11. The summed E-state index contributed by atoms with van der Waals surface area (Å²) in [6, 6.07) is 6.16. The minimum Gasteiger partial charge on any atom is -0.496 e. The van der Waals surface area contributed by atoms with Gasteiger partial charge in [-0.3, -0.25) is 0 Å². The Morgan fingerprint density at radius 1 is 1.26 bits per heavy atom. The monoisotopic (exact) mass is 263 g/mol. The molecular formula is C15H25N3O. The highest BCUT2D eigenvalue weighted by molar-refractivity contribution is 5.79. The van der Waals surface area contributed by atoms with E-state index in [9.17, 15) is 0 Å². The van der Waals surface area contributed by atoms with E-state index in [1.165, 1.54) is 5.56 Å². The molecule has 0 saturated carbocycles. The summed E-state index contributed by atoms with van der Waals surface area (Å²) in [5, 5.41) is 6.53. The fraction of sp³-hybridized carbons (Fsp3) is 0.533. The molecule has 0 aromatic heterocycles. The Bertz CT molecular complexity index is 416. The summed E-state index contributed by atoms with van der Waals surface area (Å²) in [7, 11) is 1.69. The lowest BCUT2D eigenvalue weighted by molar-refractivity contribution is 0.411. The summed E-state index contributed by atoms with van der Waals surface area (Å²) in [6.45, 7) is 8.74. The third-order valence-corrected chi connectivity index (χ3v) is 2.77. The van der Waals surface area contributed by atoms with Crippen molar-refractivity contribution in [3.63, 3.8) is 0 Å². The first-order valence-corrected chi connectivity index (χ1v) is 6.87. The van der Waals surface area contributed by atoms with Crippen LogP contribution in [0.3, 0.4) is 0 Å². The van der Waals surface area contributed by atoms with Gasteiger partial charge in [0.25, 0.3) is 0 Å². The molecule has 0 saturated heterocycles. The van der Waals surface area contributed by atoms with Gasteiger partial charge >= 0.3 is 0 Å². The number of nitrogens with one attached hydrogen (secondary N) is 2. The molecule has 0 aliphatic rings. The van der Waals surface area contributed by atoms with Gasteiger partial charge in [-0.1, -0.05) is 19.1 Å². The molecule has 0 unspecified atom stereocenters. The van der Waals surface area contributed by atoms with Crippen LogP contribution >= 0.6 is 0 Å². The molecule has 0 atom stereocenters. The first-order valence-electron chi connectivity index (χ1n) is 6.87. The van der Waals surface area contributed by atoms with E-state index >= 15 is 0 Å². The predicted octanol–water partition coefficient (Wildman–Crippen LogP) is 2.47. The van der Waals surface area contributed by atoms with Crippen LogP contribution in [-0.4, -0.2) is 26.2 Å². The van der Waals surface area contributed by atoms with E-state index in [1.807, 2.05) is 13.0 Å². The zero-order chi connectivity index (χ0) is 14.1. The molecule has 19 heavy (non-hydrogen) atoms. The lowest BCUT2D eigenvalue weighted by Crippen LogP contribution is -2.37. The molecule has 0 aliphatic heterocycles. The second kappa shape index (κ2) is 8.40. The molecule has 0 fully saturated rings. The van der Waals surface area contributed by atoms with Gasteiger partial charge in [0.05, 0.1) is 13.7 Å². The summed E-state index contributed by atoms with van der Waals surface area (Å²) >= 11 is 0. The van der Waals surface area contributed by atoms with E-state index in [0.29, 0.717) is 6.54 Å². The average molecular weight is 263 g/mol. The van der Waals surface area contributed by atoms with Crippen molar-refractivity contribution >= 4 is 5.96 Å². The zero-order valence-electron chi connectivity index (χ0n) is 12.4. The van der Waals surface area contributed by atoms with Crippen molar-refractivity contribution in [2.24, 2.45) is 4.99 Å². The third-order valence-electron chi connectivity index (χ3n) is 2.77. The van der Waals surface area contributed by atoms with Gasteiger partial charge < -0.3 is 15.4 Å². The quantitative estimate of drug-likeness (QED) is 0.612. The number of guanidine groups is 1. The van der Waals surface area contributed by atoms with Gasteiger partial charge in [0.15, 0.2) is 5.96 Å². The van der Waals surface area contributed by atoms with Crippen LogP contribution in [0.1, 0.15) is 31.4 Å². The number of methoxy groups -OCH3 is 1. The minimum absolute atomic E-state index is 0.671. The maximum atomic E-state index is 5.26. The summed E-state index contributed by atoms with van der Waals surface area (Å²) in [5.41, 5.74) is 2.33. The van der Waals surface area contributed by atoms with Gasteiger partial charge in [-0.15, -0.1) is 0 Å². The highest BCUT2D eigenvalue weighted by atomic mass is 16.5. The summed E-state index contributed by atoms with van der Waals surface area (Å²) in [6.07, 6.45) is 1.09. The Hall–Kier alpha value is -1.71. The topological polar surface area (TPSA) is 45.7 Å². The Balaban J connectivity index is 2.68. The molecular weight excluding hydrogens is 238 g/mol. The van der Waals surface area contributed by atoms with Crippen LogP contribution in [0.4, 0.5) is 0 Å². The van der Waals surface area contributed by atoms with Crippen LogP contribution in [-0.2, 0) is 6.54 Å². The number of rotatable bonds is 6. The van der Waals surface area contributed by atoms with Crippen LogP contribution in [0, 0.1) is 6.92 Å². The Labute approximate surface area is 116 Å². The van der Waals surface area contributed by atoms with Crippen molar-refractivity contribution in [2.75, 3.05) is 20.2 Å². The second-order valence-corrected chi connectivity index (χ2v) is 4.43. The molecule has 0 radical (unpaired) electrons. The molecule has 1 rings (SSSR count). The minimum atomic E-state index is 0.671. The Morgan fingerprint density at radius 2 is 2.05 bits per heavy atom. The SMILES string of the molecule is CCCNC(=NCc1ccc(OC)c(C)c1)NCC. The maximum absolute atomic E-state index is 5.26. The van der Waals surface area contributed by atoms with Crippen molar-refractivity contribution in [1.29, 1.82) is 0 Å². The van der Waals surface area contributed by atoms with E-state index in [1.54, 1.807) is 7.11 Å². The largest absolute Gasteiger partial charge is 0.496 e. The van der Waals surface area contributed by atoms with Crippen molar-refractivity contribution in [2.45, 2.75) is 33.7 Å². The van der Waals surface area contributed by atoms with Gasteiger partial charge in [0.2, 0.25) is 0 Å². The van der Waals surface area contributed by atoms with Gasteiger partial charge in [-0.05, 0) is 37.5 Å². The first-order chi connectivity index (χ1) is 9.21. The van der Waals surface area contributed by atoms with E-state index in [2.05, 4.69) is 41.6 Å². The fourth-order valence-electron chi connectivity index (χ4n) is 1.79. The molecule has 2 N–H and O–H groups in total. The molecule has 4 heteroatoms. The summed E-state index contributed by atoms with van der Waals surface area (Å²) in [4.78, 5) is 4.57. The van der Waals surface area contributed by atoms with Crippen LogP contribution in [0.15, 0.2) is 23.2 Å². The number of hydrogen-bond acceptors (Lipinski definition) is 2. The molecule has 0 amide bonds. The van der Waals surface area contributed by atoms with E-state index < -0.39 is 0 Å². The highest BCUT2D eigenvalue weighted by Crippen LogP contribution is 2.18.